The smallest absolute Gasteiger partial charge is 0.138 e. The van der Waals surface area contributed by atoms with E-state index in [1.54, 1.807) is 12.1 Å². The minimum Gasteiger partial charge on any atom is -0.489 e. The van der Waals surface area contributed by atoms with E-state index in [2.05, 4.69) is 5.32 Å². The Hall–Kier alpha value is -0.810. The Kier molecular flexibility index (Phi) is 6.18. The molecule has 0 bridgehead atoms. The van der Waals surface area contributed by atoms with Crippen molar-refractivity contribution in [3.8, 4) is 5.75 Å². The van der Waals surface area contributed by atoms with Gasteiger partial charge < -0.3 is 20.9 Å². The Morgan fingerprint density at radius 2 is 2.19 bits per heavy atom. The zero-order valence-electron chi connectivity index (χ0n) is 9.03. The molecule has 0 amide bonds. The maximum absolute atomic E-state index is 9.56. The van der Waals surface area contributed by atoms with Gasteiger partial charge in [0.05, 0.1) is 5.02 Å². The first-order chi connectivity index (χ1) is 7.74. The lowest BCUT2D eigenvalue weighted by atomic mass is 10.3. The molecule has 1 unspecified atom stereocenters. The van der Waals surface area contributed by atoms with Crippen LogP contribution in [0.3, 0.4) is 0 Å². The molecule has 0 radical (unpaired) electrons. The minimum atomic E-state index is -0.567. The van der Waals surface area contributed by atoms with E-state index in [9.17, 15) is 5.11 Å². The molecule has 5 heteroatoms. The zero-order valence-corrected chi connectivity index (χ0v) is 9.78. The molecular formula is C11H17ClN2O2. The zero-order chi connectivity index (χ0) is 11.8. The van der Waals surface area contributed by atoms with E-state index in [0.717, 1.165) is 0 Å². The van der Waals surface area contributed by atoms with Crippen molar-refractivity contribution in [1.82, 2.24) is 5.32 Å². The summed E-state index contributed by atoms with van der Waals surface area (Å²) in [5.74, 6) is 0.585. The highest BCUT2D eigenvalue weighted by Crippen LogP contribution is 2.22. The second-order valence-corrected chi connectivity index (χ2v) is 3.80. The molecule has 0 aliphatic rings. The summed E-state index contributed by atoms with van der Waals surface area (Å²) in [6, 6.07) is 7.17. The van der Waals surface area contributed by atoms with Gasteiger partial charge in [0.1, 0.15) is 18.5 Å². The highest BCUT2D eigenvalue weighted by Gasteiger charge is 2.06. The van der Waals surface area contributed by atoms with Gasteiger partial charge in [0.25, 0.3) is 0 Å². The average molecular weight is 245 g/mol. The molecule has 0 saturated heterocycles. The second kappa shape index (κ2) is 7.46. The summed E-state index contributed by atoms with van der Waals surface area (Å²) in [4.78, 5) is 0. The number of rotatable bonds is 7. The van der Waals surface area contributed by atoms with Crippen molar-refractivity contribution in [1.29, 1.82) is 0 Å². The Morgan fingerprint density at radius 1 is 1.44 bits per heavy atom. The van der Waals surface area contributed by atoms with Crippen LogP contribution in [0.1, 0.15) is 0 Å². The summed E-state index contributed by atoms with van der Waals surface area (Å²) < 4.78 is 5.38. The number of halogens is 1. The van der Waals surface area contributed by atoms with Gasteiger partial charge in [-0.2, -0.15) is 0 Å². The molecule has 1 atom stereocenters. The number of nitrogens with one attached hydrogen (secondary N) is 1. The van der Waals surface area contributed by atoms with Gasteiger partial charge in [-0.25, -0.2) is 0 Å². The molecule has 4 nitrogen and oxygen atoms in total. The first kappa shape index (κ1) is 13.3. The van der Waals surface area contributed by atoms with Gasteiger partial charge in [-0.15, -0.1) is 0 Å². The molecule has 16 heavy (non-hydrogen) atoms. The predicted octanol–water partition coefficient (Wildman–Crippen LogP) is 0.628. The summed E-state index contributed by atoms with van der Waals surface area (Å²) in [5, 5.41) is 13.1. The van der Waals surface area contributed by atoms with Crippen molar-refractivity contribution in [3.05, 3.63) is 29.3 Å². The number of hydrogen-bond acceptors (Lipinski definition) is 4. The number of hydrogen-bond donors (Lipinski definition) is 3. The molecule has 1 aromatic carbocycles. The van der Waals surface area contributed by atoms with Gasteiger partial charge in [0.2, 0.25) is 0 Å². The van der Waals surface area contributed by atoms with E-state index in [4.69, 9.17) is 22.1 Å². The largest absolute Gasteiger partial charge is 0.489 e. The monoisotopic (exact) mass is 244 g/mol. The van der Waals surface area contributed by atoms with Crippen LogP contribution in [0, 0.1) is 0 Å². The van der Waals surface area contributed by atoms with Crippen LogP contribution >= 0.6 is 11.6 Å². The quantitative estimate of drug-likeness (QED) is 0.616. The van der Waals surface area contributed by atoms with Crippen molar-refractivity contribution in [2.45, 2.75) is 6.10 Å². The van der Waals surface area contributed by atoms with E-state index >= 15 is 0 Å². The maximum atomic E-state index is 9.56. The number of ether oxygens (including phenoxy) is 1. The molecule has 0 spiro atoms. The fourth-order valence-corrected chi connectivity index (χ4v) is 1.37. The number of aliphatic hydroxyl groups excluding tert-OH is 1. The number of nitrogens with two attached hydrogens (primary N) is 1. The lowest BCUT2D eigenvalue weighted by Gasteiger charge is -2.13. The number of benzene rings is 1. The molecule has 0 aliphatic heterocycles. The van der Waals surface area contributed by atoms with Crippen LogP contribution < -0.4 is 15.8 Å². The van der Waals surface area contributed by atoms with Crippen LogP contribution in [0.4, 0.5) is 0 Å². The SMILES string of the molecule is NCCNCC(O)COc1ccccc1Cl. The Labute approximate surface area is 100 Å². The summed E-state index contributed by atoms with van der Waals surface area (Å²) in [6.45, 7) is 1.91. The summed E-state index contributed by atoms with van der Waals surface area (Å²) >= 11 is 5.90. The lowest BCUT2D eigenvalue weighted by molar-refractivity contribution is 0.107. The molecule has 90 valence electrons. The molecule has 1 rings (SSSR count). The topological polar surface area (TPSA) is 67.5 Å². The predicted molar refractivity (Wildman–Crippen MR) is 64.9 cm³/mol. The van der Waals surface area contributed by atoms with Gasteiger partial charge in [0.15, 0.2) is 0 Å². The highest BCUT2D eigenvalue weighted by molar-refractivity contribution is 6.32. The summed E-state index contributed by atoms with van der Waals surface area (Å²) in [5.41, 5.74) is 5.31. The van der Waals surface area contributed by atoms with Crippen LogP contribution in [0.15, 0.2) is 24.3 Å². The van der Waals surface area contributed by atoms with Crippen molar-refractivity contribution in [2.24, 2.45) is 5.73 Å². The Bertz CT molecular complexity index is 310. The van der Waals surface area contributed by atoms with Crippen molar-refractivity contribution in [3.63, 3.8) is 0 Å². The Morgan fingerprint density at radius 3 is 2.88 bits per heavy atom. The van der Waals surface area contributed by atoms with Crippen LogP contribution in [0.25, 0.3) is 0 Å². The van der Waals surface area contributed by atoms with Crippen LogP contribution in [0.2, 0.25) is 5.02 Å². The second-order valence-electron chi connectivity index (χ2n) is 3.39. The van der Waals surface area contributed by atoms with E-state index in [1.807, 2.05) is 12.1 Å². The fourth-order valence-electron chi connectivity index (χ4n) is 1.18. The first-order valence-electron chi connectivity index (χ1n) is 5.20. The highest BCUT2D eigenvalue weighted by atomic mass is 35.5. The molecule has 0 saturated carbocycles. The van der Waals surface area contributed by atoms with Crippen molar-refractivity contribution >= 4 is 11.6 Å². The van der Waals surface area contributed by atoms with E-state index in [1.165, 1.54) is 0 Å². The van der Waals surface area contributed by atoms with Gasteiger partial charge in [-0.1, -0.05) is 23.7 Å². The van der Waals surface area contributed by atoms with Gasteiger partial charge in [-0.05, 0) is 12.1 Å². The molecule has 4 N–H and O–H groups in total. The molecular weight excluding hydrogens is 228 g/mol. The van der Waals surface area contributed by atoms with E-state index in [-0.39, 0.29) is 6.61 Å². The number of aliphatic hydroxyl groups is 1. The number of para-hydroxylation sites is 1. The third-order valence-corrected chi connectivity index (χ3v) is 2.28. The van der Waals surface area contributed by atoms with Crippen LogP contribution in [0.5, 0.6) is 5.75 Å². The first-order valence-corrected chi connectivity index (χ1v) is 5.58. The van der Waals surface area contributed by atoms with Crippen LogP contribution in [-0.2, 0) is 0 Å². The Balaban J connectivity index is 2.26. The van der Waals surface area contributed by atoms with Gasteiger partial charge in [0, 0.05) is 19.6 Å². The minimum absolute atomic E-state index is 0.210. The molecule has 0 heterocycles. The normalized spacial score (nSPS) is 12.4. The molecule has 0 aliphatic carbocycles. The standard InChI is InChI=1S/C11H17ClN2O2/c12-10-3-1-2-4-11(10)16-8-9(15)7-14-6-5-13/h1-4,9,14-15H,5-8,13H2. The van der Waals surface area contributed by atoms with Gasteiger partial charge in [-0.3, -0.25) is 0 Å². The summed E-state index contributed by atoms with van der Waals surface area (Å²) in [7, 11) is 0. The van der Waals surface area contributed by atoms with Crippen molar-refractivity contribution < 1.29 is 9.84 Å². The fraction of sp³-hybridized carbons (Fsp3) is 0.455. The third-order valence-electron chi connectivity index (χ3n) is 1.97. The van der Waals surface area contributed by atoms with Crippen LogP contribution in [-0.4, -0.2) is 37.5 Å². The molecule has 0 fully saturated rings. The third kappa shape index (κ3) is 4.81. The molecule has 1 aromatic rings. The molecule has 0 aromatic heterocycles. The lowest BCUT2D eigenvalue weighted by Crippen LogP contribution is -2.34. The van der Waals surface area contributed by atoms with Gasteiger partial charge >= 0.3 is 0 Å². The summed E-state index contributed by atoms with van der Waals surface area (Å²) in [6.07, 6.45) is -0.567. The van der Waals surface area contributed by atoms with Crippen molar-refractivity contribution in [2.75, 3.05) is 26.2 Å². The maximum Gasteiger partial charge on any atom is 0.138 e. The average Bonchev–Trinajstić information content (AvgIpc) is 2.28. The van der Waals surface area contributed by atoms with E-state index in [0.29, 0.717) is 30.4 Å². The van der Waals surface area contributed by atoms with E-state index < -0.39 is 6.10 Å².